The summed E-state index contributed by atoms with van der Waals surface area (Å²) >= 11 is 0. The highest BCUT2D eigenvalue weighted by atomic mass is 16.2. The molecular weight excluding hydrogens is 240 g/mol. The zero-order valence-corrected chi connectivity index (χ0v) is 11.6. The number of amides is 2. The van der Waals surface area contributed by atoms with Crippen molar-refractivity contribution >= 4 is 17.5 Å². The van der Waals surface area contributed by atoms with Gasteiger partial charge in [0.25, 0.3) is 0 Å². The fourth-order valence-corrected chi connectivity index (χ4v) is 2.15. The number of nitrogens with zero attached hydrogens (tertiary/aromatic N) is 1. The van der Waals surface area contributed by atoms with Gasteiger partial charge < -0.3 is 10.2 Å². The molecule has 2 amide bonds. The molecule has 0 atom stereocenters. The number of rotatable bonds is 4. The Morgan fingerprint density at radius 1 is 1.21 bits per heavy atom. The Kier molecular flexibility index (Phi) is 3.60. The van der Waals surface area contributed by atoms with Crippen LogP contribution in [-0.4, -0.2) is 24.9 Å². The minimum atomic E-state index is -0.838. The maximum absolute atomic E-state index is 12.5. The molecule has 1 aliphatic carbocycles. The summed E-state index contributed by atoms with van der Waals surface area (Å²) in [6.45, 7) is 3.80. The maximum atomic E-state index is 12.5. The SMILES string of the molecule is CC(C)NC(=O)C1(C(=O)N(C)c2ccccc2)CC1. The smallest absolute Gasteiger partial charge is 0.242 e. The van der Waals surface area contributed by atoms with Crippen LogP contribution in [0.2, 0.25) is 0 Å². The molecule has 0 spiro atoms. The summed E-state index contributed by atoms with van der Waals surface area (Å²) in [6.07, 6.45) is 1.28. The summed E-state index contributed by atoms with van der Waals surface area (Å²) in [5, 5.41) is 2.85. The van der Waals surface area contributed by atoms with E-state index in [4.69, 9.17) is 0 Å². The topological polar surface area (TPSA) is 49.4 Å². The van der Waals surface area contributed by atoms with E-state index in [2.05, 4.69) is 5.32 Å². The molecule has 4 heteroatoms. The first kappa shape index (κ1) is 13.6. The molecule has 1 aliphatic rings. The van der Waals surface area contributed by atoms with Crippen LogP contribution >= 0.6 is 0 Å². The quantitative estimate of drug-likeness (QED) is 0.841. The number of carbonyl (C=O) groups is 2. The van der Waals surface area contributed by atoms with E-state index < -0.39 is 5.41 Å². The standard InChI is InChI=1S/C15H20N2O2/c1-11(2)16-13(18)15(9-10-15)14(19)17(3)12-7-5-4-6-8-12/h4-8,11H,9-10H2,1-3H3,(H,16,18). The molecule has 0 bridgehead atoms. The molecule has 0 saturated heterocycles. The zero-order valence-electron chi connectivity index (χ0n) is 11.6. The van der Waals surface area contributed by atoms with Gasteiger partial charge in [-0.2, -0.15) is 0 Å². The van der Waals surface area contributed by atoms with Gasteiger partial charge in [-0.1, -0.05) is 18.2 Å². The fraction of sp³-hybridized carbons (Fsp3) is 0.467. The highest BCUT2D eigenvalue weighted by molar-refractivity contribution is 6.13. The summed E-state index contributed by atoms with van der Waals surface area (Å²) in [5.41, 5.74) is -0.0226. The van der Waals surface area contributed by atoms with Gasteiger partial charge in [-0.3, -0.25) is 9.59 Å². The third kappa shape index (κ3) is 2.62. The summed E-state index contributed by atoms with van der Waals surface area (Å²) in [6, 6.07) is 9.46. The monoisotopic (exact) mass is 260 g/mol. The average Bonchev–Trinajstić information content (AvgIpc) is 3.19. The third-order valence-electron chi connectivity index (χ3n) is 3.46. The number of anilines is 1. The van der Waals surface area contributed by atoms with E-state index in [1.54, 1.807) is 11.9 Å². The van der Waals surface area contributed by atoms with Crippen LogP contribution in [0.4, 0.5) is 5.69 Å². The first-order valence-electron chi connectivity index (χ1n) is 6.61. The van der Waals surface area contributed by atoms with Gasteiger partial charge in [0.15, 0.2) is 0 Å². The Bertz CT molecular complexity index is 478. The third-order valence-corrected chi connectivity index (χ3v) is 3.46. The average molecular weight is 260 g/mol. The van der Waals surface area contributed by atoms with Crippen LogP contribution in [-0.2, 0) is 9.59 Å². The van der Waals surface area contributed by atoms with Crippen molar-refractivity contribution in [2.45, 2.75) is 32.7 Å². The lowest BCUT2D eigenvalue weighted by atomic mass is 10.0. The van der Waals surface area contributed by atoms with E-state index in [0.29, 0.717) is 12.8 Å². The van der Waals surface area contributed by atoms with Gasteiger partial charge >= 0.3 is 0 Å². The summed E-state index contributed by atoms with van der Waals surface area (Å²) in [5.74, 6) is -0.257. The Morgan fingerprint density at radius 2 is 1.79 bits per heavy atom. The predicted molar refractivity (Wildman–Crippen MR) is 74.8 cm³/mol. The molecule has 1 saturated carbocycles. The van der Waals surface area contributed by atoms with E-state index in [1.807, 2.05) is 44.2 Å². The highest BCUT2D eigenvalue weighted by Gasteiger charge is 2.57. The fourth-order valence-electron chi connectivity index (χ4n) is 2.15. The van der Waals surface area contributed by atoms with Crippen LogP contribution in [0.25, 0.3) is 0 Å². The highest BCUT2D eigenvalue weighted by Crippen LogP contribution is 2.47. The summed E-state index contributed by atoms with van der Waals surface area (Å²) in [7, 11) is 1.72. The number of hydrogen-bond acceptors (Lipinski definition) is 2. The Morgan fingerprint density at radius 3 is 2.26 bits per heavy atom. The van der Waals surface area contributed by atoms with Gasteiger partial charge in [0.05, 0.1) is 0 Å². The van der Waals surface area contributed by atoms with Gasteiger partial charge in [-0.15, -0.1) is 0 Å². The number of carbonyl (C=O) groups excluding carboxylic acids is 2. The Hall–Kier alpha value is -1.84. The van der Waals surface area contributed by atoms with E-state index in [-0.39, 0.29) is 17.9 Å². The van der Waals surface area contributed by atoms with Crippen LogP contribution in [0, 0.1) is 5.41 Å². The molecule has 0 heterocycles. The van der Waals surface area contributed by atoms with Gasteiger partial charge in [0.1, 0.15) is 5.41 Å². The minimum Gasteiger partial charge on any atom is -0.353 e. The number of hydrogen-bond donors (Lipinski definition) is 1. The van der Waals surface area contributed by atoms with Crippen molar-refractivity contribution in [3.8, 4) is 0 Å². The largest absolute Gasteiger partial charge is 0.353 e. The van der Waals surface area contributed by atoms with Crippen molar-refractivity contribution in [3.63, 3.8) is 0 Å². The molecule has 102 valence electrons. The van der Waals surface area contributed by atoms with E-state index in [9.17, 15) is 9.59 Å². The van der Waals surface area contributed by atoms with Gasteiger partial charge in [0, 0.05) is 18.8 Å². The number of para-hydroxylation sites is 1. The molecule has 2 rings (SSSR count). The summed E-state index contributed by atoms with van der Waals surface area (Å²) < 4.78 is 0. The predicted octanol–water partition coefficient (Wildman–Crippen LogP) is 1.95. The zero-order chi connectivity index (χ0) is 14.0. The van der Waals surface area contributed by atoms with Crippen molar-refractivity contribution in [2.75, 3.05) is 11.9 Å². The number of benzene rings is 1. The molecule has 0 aliphatic heterocycles. The van der Waals surface area contributed by atoms with Gasteiger partial charge in [-0.25, -0.2) is 0 Å². The molecule has 1 aromatic rings. The van der Waals surface area contributed by atoms with Crippen molar-refractivity contribution in [2.24, 2.45) is 5.41 Å². The van der Waals surface area contributed by atoms with Crippen LogP contribution < -0.4 is 10.2 Å². The summed E-state index contributed by atoms with van der Waals surface area (Å²) in [4.78, 5) is 26.2. The van der Waals surface area contributed by atoms with Crippen molar-refractivity contribution < 1.29 is 9.59 Å². The van der Waals surface area contributed by atoms with Crippen molar-refractivity contribution in [3.05, 3.63) is 30.3 Å². The Balaban J connectivity index is 2.13. The van der Waals surface area contributed by atoms with Crippen molar-refractivity contribution in [1.82, 2.24) is 5.32 Å². The van der Waals surface area contributed by atoms with Crippen LogP contribution in [0.1, 0.15) is 26.7 Å². The first-order valence-corrected chi connectivity index (χ1v) is 6.61. The number of nitrogens with one attached hydrogen (secondary N) is 1. The molecule has 0 unspecified atom stereocenters. The lowest BCUT2D eigenvalue weighted by molar-refractivity contribution is -0.135. The molecule has 4 nitrogen and oxygen atoms in total. The molecule has 1 fully saturated rings. The second kappa shape index (κ2) is 5.03. The van der Waals surface area contributed by atoms with Gasteiger partial charge in [-0.05, 0) is 38.8 Å². The van der Waals surface area contributed by atoms with Crippen LogP contribution in [0.5, 0.6) is 0 Å². The van der Waals surface area contributed by atoms with E-state index >= 15 is 0 Å². The molecular formula is C15H20N2O2. The molecule has 19 heavy (non-hydrogen) atoms. The van der Waals surface area contributed by atoms with Crippen molar-refractivity contribution in [1.29, 1.82) is 0 Å². The molecule has 1 N–H and O–H groups in total. The second-order valence-corrected chi connectivity index (χ2v) is 5.41. The molecule has 1 aromatic carbocycles. The maximum Gasteiger partial charge on any atom is 0.242 e. The molecule has 0 aromatic heterocycles. The van der Waals surface area contributed by atoms with Crippen LogP contribution in [0.15, 0.2) is 30.3 Å². The second-order valence-electron chi connectivity index (χ2n) is 5.41. The lowest BCUT2D eigenvalue weighted by Crippen LogP contribution is -2.45. The van der Waals surface area contributed by atoms with E-state index in [1.165, 1.54) is 0 Å². The first-order chi connectivity index (χ1) is 8.97. The van der Waals surface area contributed by atoms with Gasteiger partial charge in [0.2, 0.25) is 11.8 Å². The molecule has 0 radical (unpaired) electrons. The Labute approximate surface area is 113 Å². The van der Waals surface area contributed by atoms with Crippen LogP contribution in [0.3, 0.4) is 0 Å². The minimum absolute atomic E-state index is 0.0554. The lowest BCUT2D eigenvalue weighted by Gasteiger charge is -2.23. The van der Waals surface area contributed by atoms with E-state index in [0.717, 1.165) is 5.69 Å². The normalized spacial score (nSPS) is 16.0.